The Morgan fingerprint density at radius 2 is 1.73 bits per heavy atom. The molecule has 1 aliphatic rings. The number of para-hydroxylation sites is 1. The summed E-state index contributed by atoms with van der Waals surface area (Å²) in [7, 11) is 1.66. The van der Waals surface area contributed by atoms with Gasteiger partial charge in [-0.3, -0.25) is 4.99 Å². The maximum Gasteiger partial charge on any atom is 0.119 e. The van der Waals surface area contributed by atoms with E-state index in [2.05, 4.69) is 58.7 Å². The Labute approximate surface area is 251 Å². The van der Waals surface area contributed by atoms with Gasteiger partial charge in [0.1, 0.15) is 11.9 Å². The highest BCUT2D eigenvalue weighted by atomic mass is 16.5. The molecule has 232 valence electrons. The summed E-state index contributed by atoms with van der Waals surface area (Å²) in [6, 6.07) is 17.7. The molecule has 0 fully saturated rings. The first-order chi connectivity index (χ1) is 19.5. The third-order valence-corrected chi connectivity index (χ3v) is 6.14. The molecule has 0 amide bonds. The average molecular weight is 572 g/mol. The van der Waals surface area contributed by atoms with Gasteiger partial charge in [0.05, 0.1) is 7.11 Å². The lowest BCUT2D eigenvalue weighted by molar-refractivity contribution is 0.154. The number of nitrogens with zero attached hydrogens (tertiary/aromatic N) is 1. The van der Waals surface area contributed by atoms with Gasteiger partial charge in [0.15, 0.2) is 0 Å². The van der Waals surface area contributed by atoms with Gasteiger partial charge in [-0.2, -0.15) is 0 Å². The first kappa shape index (κ1) is 37.6. The molecule has 0 saturated carbocycles. The maximum absolute atomic E-state index is 8.97. The van der Waals surface area contributed by atoms with Gasteiger partial charge in [0.25, 0.3) is 0 Å². The van der Waals surface area contributed by atoms with Crippen LogP contribution in [0.2, 0.25) is 0 Å². The summed E-state index contributed by atoms with van der Waals surface area (Å²) in [6.45, 7) is 12.2. The van der Waals surface area contributed by atoms with E-state index < -0.39 is 0 Å². The minimum atomic E-state index is -0.0158. The number of methoxy groups -OCH3 is 1. The third kappa shape index (κ3) is 15.8. The minimum Gasteiger partial charge on any atom is -0.497 e. The van der Waals surface area contributed by atoms with Gasteiger partial charge in [0.2, 0.25) is 0 Å². The summed E-state index contributed by atoms with van der Waals surface area (Å²) in [5, 5.41) is 23.7. The molecule has 2 atom stereocenters. The van der Waals surface area contributed by atoms with Gasteiger partial charge in [-0.1, -0.05) is 62.8 Å². The number of nitrogens with one attached hydrogen (secondary N) is 4. The molecule has 0 aliphatic heterocycles. The predicted octanol–water partition coefficient (Wildman–Crippen LogP) is 7.96. The zero-order valence-corrected chi connectivity index (χ0v) is 24.9. The van der Waals surface area contributed by atoms with Crippen molar-refractivity contribution >= 4 is 17.6 Å². The number of allylic oxidation sites excluding steroid dienone is 5. The van der Waals surface area contributed by atoms with Crippen LogP contribution in [-0.2, 0) is 0 Å². The molecule has 8 nitrogen and oxygen atoms in total. The highest BCUT2D eigenvalue weighted by Gasteiger charge is 2.15. The molecular formula is C33H57N5O3. The van der Waals surface area contributed by atoms with E-state index in [0.717, 1.165) is 36.5 Å². The van der Waals surface area contributed by atoms with Crippen molar-refractivity contribution in [1.82, 2.24) is 11.0 Å². The second-order valence-corrected chi connectivity index (χ2v) is 9.14. The van der Waals surface area contributed by atoms with Crippen LogP contribution in [0, 0.1) is 5.92 Å². The molecule has 2 aromatic carbocycles. The quantitative estimate of drug-likeness (QED) is 0.0822. The molecule has 3 rings (SSSR count). The molecule has 0 spiro atoms. The number of hydrogen-bond donors (Lipinski definition) is 6. The zero-order chi connectivity index (χ0) is 29.6. The second kappa shape index (κ2) is 23.3. The van der Waals surface area contributed by atoms with Gasteiger partial charge in [0, 0.05) is 40.1 Å². The lowest BCUT2D eigenvalue weighted by atomic mass is 9.86. The molecule has 0 heterocycles. The molecule has 0 aromatic heterocycles. The summed E-state index contributed by atoms with van der Waals surface area (Å²) < 4.78 is 5.17. The Morgan fingerprint density at radius 3 is 2.34 bits per heavy atom. The van der Waals surface area contributed by atoms with E-state index in [4.69, 9.17) is 15.2 Å². The maximum atomic E-state index is 8.97. The fourth-order valence-electron chi connectivity index (χ4n) is 3.93. The SMILES string of the molecule is C.CC.COc1ccc(NC(C)/N=C\C=C(/C)CC2=C(C)C(CNO)CC=C2)cc1.ONCCNc1ccccc1.[HH].[HH]. The van der Waals surface area contributed by atoms with Crippen molar-refractivity contribution in [3.8, 4) is 5.75 Å². The van der Waals surface area contributed by atoms with Crippen LogP contribution in [0.5, 0.6) is 5.75 Å². The minimum absolute atomic E-state index is 0. The summed E-state index contributed by atoms with van der Waals surface area (Å²) >= 11 is 0. The van der Waals surface area contributed by atoms with Gasteiger partial charge in [-0.25, -0.2) is 11.0 Å². The van der Waals surface area contributed by atoms with E-state index in [1.165, 1.54) is 16.7 Å². The normalized spacial score (nSPS) is 15.1. The van der Waals surface area contributed by atoms with Gasteiger partial charge in [-0.05, 0) is 87.6 Å². The smallest absolute Gasteiger partial charge is 0.119 e. The van der Waals surface area contributed by atoms with Crippen LogP contribution >= 0.6 is 0 Å². The zero-order valence-electron chi connectivity index (χ0n) is 24.9. The largest absolute Gasteiger partial charge is 0.497 e. The average Bonchev–Trinajstić information content (AvgIpc) is 2.98. The molecule has 0 radical (unpaired) electrons. The number of ether oxygens (including phenoxy) is 1. The Morgan fingerprint density at radius 1 is 1.05 bits per heavy atom. The van der Waals surface area contributed by atoms with E-state index in [1.54, 1.807) is 7.11 Å². The summed E-state index contributed by atoms with van der Waals surface area (Å²) in [6.07, 6.45) is 10.2. The molecule has 0 saturated heterocycles. The van der Waals surface area contributed by atoms with Crippen molar-refractivity contribution in [2.75, 3.05) is 37.4 Å². The molecule has 2 unspecified atom stereocenters. The van der Waals surface area contributed by atoms with Crippen LogP contribution in [0.3, 0.4) is 0 Å². The predicted molar refractivity (Wildman–Crippen MR) is 180 cm³/mol. The van der Waals surface area contributed by atoms with Crippen LogP contribution in [0.15, 0.2) is 94.5 Å². The number of anilines is 2. The standard InChI is InChI=1S/C22H31N3O2.C8H12N2O.C2H6.CH4.2H2/c1-16(14-19-6-5-7-20(15-24-26)17(19)2)12-13-23-18(3)25-21-8-10-22(27-4)11-9-21;11-10-7-6-9-8-4-2-1-3-5-8;1-2;;;/h5-6,8-13,18,20,24-26H,7,14-15H2,1-4H3;1-5,9-11H,6-7H2;1-2H3;1H4;2*1H/b16-12+,23-13-;;;;;. The highest BCUT2D eigenvalue weighted by molar-refractivity contribution is 5.72. The van der Waals surface area contributed by atoms with Crippen molar-refractivity contribution in [3.05, 3.63) is 89.5 Å². The number of aliphatic imine (C=N–C) groups is 1. The van der Waals surface area contributed by atoms with E-state index in [0.29, 0.717) is 19.0 Å². The Bertz CT molecular complexity index is 1060. The molecule has 41 heavy (non-hydrogen) atoms. The van der Waals surface area contributed by atoms with Crippen molar-refractivity contribution < 1.29 is 18.0 Å². The van der Waals surface area contributed by atoms with Gasteiger partial charge < -0.3 is 25.8 Å². The molecular weight excluding hydrogens is 514 g/mol. The van der Waals surface area contributed by atoms with Crippen LogP contribution < -0.4 is 26.3 Å². The van der Waals surface area contributed by atoms with Crippen molar-refractivity contribution in [2.45, 2.75) is 61.1 Å². The van der Waals surface area contributed by atoms with Gasteiger partial charge >= 0.3 is 0 Å². The molecule has 8 heteroatoms. The first-order valence-electron chi connectivity index (χ1n) is 13.9. The summed E-state index contributed by atoms with van der Waals surface area (Å²) in [5.74, 6) is 1.21. The number of benzene rings is 2. The van der Waals surface area contributed by atoms with Crippen molar-refractivity contribution in [2.24, 2.45) is 10.9 Å². The van der Waals surface area contributed by atoms with Crippen molar-refractivity contribution in [3.63, 3.8) is 0 Å². The molecule has 0 bridgehead atoms. The Hall–Kier alpha value is -3.43. The molecule has 6 N–H and O–H groups in total. The first-order valence-corrected chi connectivity index (χ1v) is 13.9. The fraction of sp³-hybridized carbons (Fsp3) is 0.424. The number of hydrogen-bond acceptors (Lipinski definition) is 8. The van der Waals surface area contributed by atoms with E-state index in [-0.39, 0.29) is 16.4 Å². The van der Waals surface area contributed by atoms with Gasteiger partial charge in [-0.15, -0.1) is 0 Å². The monoisotopic (exact) mass is 571 g/mol. The topological polar surface area (TPSA) is 110 Å². The van der Waals surface area contributed by atoms with Crippen LogP contribution in [0.1, 0.15) is 57.7 Å². The lowest BCUT2D eigenvalue weighted by Crippen LogP contribution is -2.22. The highest BCUT2D eigenvalue weighted by Crippen LogP contribution is 2.28. The Balaban J connectivity index is -0.000000847. The molecule has 1 aliphatic carbocycles. The fourth-order valence-corrected chi connectivity index (χ4v) is 3.93. The van der Waals surface area contributed by atoms with E-state index >= 15 is 0 Å². The lowest BCUT2D eigenvalue weighted by Gasteiger charge is -2.22. The second-order valence-electron chi connectivity index (χ2n) is 9.14. The van der Waals surface area contributed by atoms with Crippen molar-refractivity contribution in [1.29, 1.82) is 0 Å². The van der Waals surface area contributed by atoms with Crippen LogP contribution in [-0.4, -0.2) is 49.5 Å². The van der Waals surface area contributed by atoms with E-state index in [9.17, 15) is 0 Å². The summed E-state index contributed by atoms with van der Waals surface area (Å²) in [4.78, 5) is 4.54. The third-order valence-electron chi connectivity index (χ3n) is 6.14. The van der Waals surface area contributed by atoms with Crippen LogP contribution in [0.4, 0.5) is 11.4 Å². The van der Waals surface area contributed by atoms with Crippen LogP contribution in [0.25, 0.3) is 0 Å². The number of hydroxylamine groups is 2. The van der Waals surface area contributed by atoms with E-state index in [1.807, 2.05) is 81.6 Å². The Kier molecular flexibility index (Phi) is 21.3. The number of rotatable bonds is 13. The molecule has 2 aromatic rings. The summed E-state index contributed by atoms with van der Waals surface area (Å²) in [5.41, 5.74) is 10.4.